The van der Waals surface area contributed by atoms with Crippen LogP contribution in [-0.2, 0) is 20.1 Å². The number of rotatable bonds is 5. The van der Waals surface area contributed by atoms with Crippen molar-refractivity contribution in [2.24, 2.45) is 12.0 Å². The monoisotopic (exact) mass is 448 g/mol. The number of aryl methyl sites for hydroxylation is 1. The molecule has 132 valence electrons. The molecule has 0 saturated carbocycles. The molecule has 4 nitrogen and oxygen atoms in total. The Morgan fingerprint density at radius 1 is 1.04 bits per heavy atom. The molecule has 0 atom stereocenters. The molecule has 3 aromatic rings. The molecule has 0 unspecified atom stereocenters. The van der Waals surface area contributed by atoms with Gasteiger partial charge in [-0.3, -0.25) is 0 Å². The van der Waals surface area contributed by atoms with Gasteiger partial charge in [0.25, 0.3) is 0 Å². The largest absolute Gasteiger partial charge is 0.357 e. The Hall–Kier alpha value is -2.02. The third kappa shape index (κ3) is 5.22. The first kappa shape index (κ1) is 19.3. The van der Waals surface area contributed by atoms with E-state index < -0.39 is 0 Å². The smallest absolute Gasteiger partial charge is 0.191 e. The standard InChI is InChI=1S/C20H24N4.HI/c1-3-21-20(22-13-16-11-12-24(2)15-16)23-14-18-9-6-8-17-7-4-5-10-19(17)18;/h4-12,15H,3,13-14H2,1-2H3,(H2,21,22,23);1H. The van der Waals surface area contributed by atoms with E-state index in [1.54, 1.807) is 0 Å². The third-order valence-electron chi connectivity index (χ3n) is 3.98. The van der Waals surface area contributed by atoms with Crippen molar-refractivity contribution in [1.82, 2.24) is 15.2 Å². The predicted octanol–water partition coefficient (Wildman–Crippen LogP) is 4.05. The minimum atomic E-state index is 0. The van der Waals surface area contributed by atoms with Gasteiger partial charge in [-0.25, -0.2) is 4.99 Å². The summed E-state index contributed by atoms with van der Waals surface area (Å²) in [5.41, 5.74) is 2.48. The fraction of sp³-hybridized carbons (Fsp3) is 0.250. The normalized spacial score (nSPS) is 11.2. The second-order valence-corrected chi connectivity index (χ2v) is 5.87. The number of aromatic nitrogens is 1. The summed E-state index contributed by atoms with van der Waals surface area (Å²) in [5.74, 6) is 0.842. The van der Waals surface area contributed by atoms with Gasteiger partial charge in [-0.05, 0) is 34.9 Å². The van der Waals surface area contributed by atoms with Crippen LogP contribution in [0.1, 0.15) is 18.1 Å². The Kier molecular flexibility index (Phi) is 7.31. The number of benzene rings is 2. The molecular weight excluding hydrogens is 423 g/mol. The molecule has 0 aliphatic heterocycles. The van der Waals surface area contributed by atoms with Crippen molar-refractivity contribution in [2.75, 3.05) is 6.54 Å². The molecule has 0 bridgehead atoms. The Labute approximate surface area is 166 Å². The maximum absolute atomic E-state index is 4.67. The van der Waals surface area contributed by atoms with Crippen LogP contribution in [0.2, 0.25) is 0 Å². The van der Waals surface area contributed by atoms with E-state index >= 15 is 0 Å². The molecule has 5 heteroatoms. The van der Waals surface area contributed by atoms with Gasteiger partial charge in [0.1, 0.15) is 0 Å². The maximum Gasteiger partial charge on any atom is 0.191 e. The molecule has 1 heterocycles. The summed E-state index contributed by atoms with van der Waals surface area (Å²) >= 11 is 0. The highest BCUT2D eigenvalue weighted by molar-refractivity contribution is 14.0. The first-order chi connectivity index (χ1) is 11.8. The molecule has 0 spiro atoms. The Morgan fingerprint density at radius 2 is 1.84 bits per heavy atom. The summed E-state index contributed by atoms with van der Waals surface area (Å²) in [6.45, 7) is 4.35. The van der Waals surface area contributed by atoms with E-state index in [1.807, 2.05) is 17.8 Å². The Morgan fingerprint density at radius 3 is 2.60 bits per heavy atom. The highest BCUT2D eigenvalue weighted by atomic mass is 127. The zero-order valence-corrected chi connectivity index (χ0v) is 17.0. The van der Waals surface area contributed by atoms with Crippen molar-refractivity contribution in [3.63, 3.8) is 0 Å². The van der Waals surface area contributed by atoms with Crippen LogP contribution >= 0.6 is 24.0 Å². The molecule has 2 aromatic carbocycles. The molecule has 0 aliphatic carbocycles. The van der Waals surface area contributed by atoms with E-state index in [2.05, 4.69) is 77.3 Å². The first-order valence-electron chi connectivity index (χ1n) is 8.36. The summed E-state index contributed by atoms with van der Waals surface area (Å²) in [5, 5.41) is 9.30. The van der Waals surface area contributed by atoms with E-state index in [1.165, 1.54) is 21.9 Å². The number of hydrogen-bond acceptors (Lipinski definition) is 1. The van der Waals surface area contributed by atoms with E-state index in [0.717, 1.165) is 19.0 Å². The zero-order valence-electron chi connectivity index (χ0n) is 14.7. The molecule has 0 fully saturated rings. The fourth-order valence-electron chi connectivity index (χ4n) is 2.79. The second kappa shape index (κ2) is 9.46. The van der Waals surface area contributed by atoms with Crippen LogP contribution < -0.4 is 10.6 Å². The quantitative estimate of drug-likeness (QED) is 0.351. The minimum Gasteiger partial charge on any atom is -0.357 e. The lowest BCUT2D eigenvalue weighted by atomic mass is 10.0. The number of halogens is 1. The molecule has 1 aromatic heterocycles. The van der Waals surface area contributed by atoms with E-state index in [0.29, 0.717) is 6.54 Å². The lowest BCUT2D eigenvalue weighted by Gasteiger charge is -2.12. The lowest BCUT2D eigenvalue weighted by Crippen LogP contribution is -2.36. The van der Waals surface area contributed by atoms with Crippen molar-refractivity contribution in [3.8, 4) is 0 Å². The average molecular weight is 448 g/mol. The third-order valence-corrected chi connectivity index (χ3v) is 3.98. The van der Waals surface area contributed by atoms with Gasteiger partial charge in [0.05, 0.1) is 6.54 Å². The Bertz CT molecular complexity index is 833. The van der Waals surface area contributed by atoms with E-state index in [4.69, 9.17) is 0 Å². The van der Waals surface area contributed by atoms with Crippen LogP contribution in [0, 0.1) is 0 Å². The van der Waals surface area contributed by atoms with Crippen molar-refractivity contribution >= 4 is 40.7 Å². The second-order valence-electron chi connectivity index (χ2n) is 5.87. The van der Waals surface area contributed by atoms with E-state index in [9.17, 15) is 0 Å². The number of nitrogens with one attached hydrogen (secondary N) is 2. The van der Waals surface area contributed by atoms with Crippen molar-refractivity contribution in [2.45, 2.75) is 20.0 Å². The van der Waals surface area contributed by atoms with Crippen LogP contribution in [0.25, 0.3) is 10.8 Å². The van der Waals surface area contributed by atoms with Crippen LogP contribution in [0.5, 0.6) is 0 Å². The zero-order chi connectivity index (χ0) is 16.8. The average Bonchev–Trinajstić information content (AvgIpc) is 3.03. The predicted molar refractivity (Wildman–Crippen MR) is 116 cm³/mol. The van der Waals surface area contributed by atoms with Gasteiger partial charge < -0.3 is 15.2 Å². The molecule has 3 rings (SSSR count). The molecule has 25 heavy (non-hydrogen) atoms. The summed E-state index contributed by atoms with van der Waals surface area (Å²) < 4.78 is 2.04. The Balaban J connectivity index is 0.00000225. The van der Waals surface area contributed by atoms with Crippen molar-refractivity contribution in [1.29, 1.82) is 0 Å². The topological polar surface area (TPSA) is 41.4 Å². The number of nitrogens with zero attached hydrogens (tertiary/aromatic N) is 2. The van der Waals surface area contributed by atoms with Crippen LogP contribution in [-0.4, -0.2) is 17.1 Å². The molecule has 2 N–H and O–H groups in total. The van der Waals surface area contributed by atoms with Crippen molar-refractivity contribution in [3.05, 3.63) is 72.1 Å². The number of hydrogen-bond donors (Lipinski definition) is 2. The molecule has 0 saturated heterocycles. The van der Waals surface area contributed by atoms with Gasteiger partial charge in [-0.15, -0.1) is 24.0 Å². The number of aliphatic imine (C=N–C) groups is 1. The summed E-state index contributed by atoms with van der Waals surface area (Å²) in [6, 6.07) is 17.0. The maximum atomic E-state index is 4.67. The molecular formula is C20H25IN4. The SMILES string of the molecule is CCNC(=NCc1ccn(C)c1)NCc1cccc2ccccc12.I. The molecule has 0 amide bonds. The van der Waals surface area contributed by atoms with Gasteiger partial charge in [0.2, 0.25) is 0 Å². The number of guanidine groups is 1. The van der Waals surface area contributed by atoms with Crippen LogP contribution in [0.15, 0.2) is 65.9 Å². The summed E-state index contributed by atoms with van der Waals surface area (Å²) in [6.07, 6.45) is 4.14. The van der Waals surface area contributed by atoms with Crippen LogP contribution in [0.4, 0.5) is 0 Å². The van der Waals surface area contributed by atoms with Gasteiger partial charge in [0, 0.05) is 32.5 Å². The highest BCUT2D eigenvalue weighted by Crippen LogP contribution is 2.18. The summed E-state index contributed by atoms with van der Waals surface area (Å²) in [7, 11) is 2.02. The van der Waals surface area contributed by atoms with E-state index in [-0.39, 0.29) is 24.0 Å². The molecule has 0 aliphatic rings. The minimum absolute atomic E-state index is 0. The first-order valence-corrected chi connectivity index (χ1v) is 8.36. The van der Waals surface area contributed by atoms with Gasteiger partial charge in [-0.1, -0.05) is 42.5 Å². The summed E-state index contributed by atoms with van der Waals surface area (Å²) in [4.78, 5) is 4.67. The number of fused-ring (bicyclic) bond motifs is 1. The molecule has 0 radical (unpaired) electrons. The van der Waals surface area contributed by atoms with Crippen LogP contribution in [0.3, 0.4) is 0 Å². The lowest BCUT2D eigenvalue weighted by molar-refractivity contribution is 0.818. The van der Waals surface area contributed by atoms with Gasteiger partial charge >= 0.3 is 0 Å². The van der Waals surface area contributed by atoms with Crippen molar-refractivity contribution < 1.29 is 0 Å². The van der Waals surface area contributed by atoms with Gasteiger partial charge in [-0.2, -0.15) is 0 Å². The van der Waals surface area contributed by atoms with Gasteiger partial charge in [0.15, 0.2) is 5.96 Å². The fourth-order valence-corrected chi connectivity index (χ4v) is 2.79. The highest BCUT2D eigenvalue weighted by Gasteiger charge is 2.02.